The highest BCUT2D eigenvalue weighted by atomic mass is 32.2. The highest BCUT2D eigenvalue weighted by Gasteiger charge is 2.15. The van der Waals surface area contributed by atoms with Crippen LogP contribution in [0.1, 0.15) is 30.6 Å². The van der Waals surface area contributed by atoms with Crippen LogP contribution in [0.5, 0.6) is 0 Å². The molecule has 2 N–H and O–H groups in total. The Labute approximate surface area is 188 Å². The lowest BCUT2D eigenvalue weighted by Crippen LogP contribution is -2.27. The van der Waals surface area contributed by atoms with E-state index >= 15 is 0 Å². The van der Waals surface area contributed by atoms with E-state index in [4.69, 9.17) is 0 Å². The van der Waals surface area contributed by atoms with Crippen molar-refractivity contribution >= 4 is 56.1 Å². The summed E-state index contributed by atoms with van der Waals surface area (Å²) >= 11 is 2.99. The Morgan fingerprint density at radius 1 is 1.23 bits per heavy atom. The molecule has 0 radical (unpaired) electrons. The van der Waals surface area contributed by atoms with Crippen molar-refractivity contribution in [1.82, 2.24) is 30.0 Å². The number of thiazole rings is 1. The van der Waals surface area contributed by atoms with Gasteiger partial charge in [0.15, 0.2) is 15.8 Å². The van der Waals surface area contributed by atoms with E-state index in [1.807, 2.05) is 28.9 Å². The highest BCUT2D eigenvalue weighted by Crippen LogP contribution is 2.25. The van der Waals surface area contributed by atoms with Crippen LogP contribution in [-0.4, -0.2) is 49.5 Å². The van der Waals surface area contributed by atoms with Crippen molar-refractivity contribution in [2.75, 3.05) is 24.2 Å². The van der Waals surface area contributed by atoms with E-state index in [0.29, 0.717) is 24.0 Å². The minimum atomic E-state index is -0.172. The predicted octanol–water partition coefficient (Wildman–Crippen LogP) is 4.05. The summed E-state index contributed by atoms with van der Waals surface area (Å²) in [4.78, 5) is 26.3. The Hall–Kier alpha value is -2.72. The summed E-state index contributed by atoms with van der Waals surface area (Å²) in [5.41, 5.74) is 1.61. The molecule has 0 saturated carbocycles. The third-order valence-corrected chi connectivity index (χ3v) is 6.29. The molecule has 3 aromatic heterocycles. The SMILES string of the molecule is CCSc1nc(NCC(C)C)c2cnn(CCNC(=O)c3nc4ccccc4s3)c2n1. The van der Waals surface area contributed by atoms with Crippen LogP contribution in [0, 0.1) is 5.92 Å². The van der Waals surface area contributed by atoms with Gasteiger partial charge in [0.05, 0.1) is 28.3 Å². The third-order valence-electron chi connectivity index (χ3n) is 4.52. The Balaban J connectivity index is 1.48. The number of para-hydroxylation sites is 1. The summed E-state index contributed by atoms with van der Waals surface area (Å²) < 4.78 is 2.82. The molecule has 31 heavy (non-hydrogen) atoms. The number of fused-ring (bicyclic) bond motifs is 2. The summed E-state index contributed by atoms with van der Waals surface area (Å²) in [5.74, 6) is 2.02. The van der Waals surface area contributed by atoms with Gasteiger partial charge >= 0.3 is 0 Å². The molecule has 10 heteroatoms. The molecule has 0 spiro atoms. The number of aromatic nitrogens is 5. The fourth-order valence-electron chi connectivity index (χ4n) is 3.05. The maximum Gasteiger partial charge on any atom is 0.280 e. The first-order valence-electron chi connectivity index (χ1n) is 10.3. The van der Waals surface area contributed by atoms with Gasteiger partial charge in [0.2, 0.25) is 0 Å². The minimum absolute atomic E-state index is 0.172. The second-order valence-corrected chi connectivity index (χ2v) is 9.67. The summed E-state index contributed by atoms with van der Waals surface area (Å²) in [6.07, 6.45) is 1.79. The van der Waals surface area contributed by atoms with Crippen LogP contribution in [0.4, 0.5) is 5.82 Å². The molecular weight excluding hydrogens is 430 g/mol. The van der Waals surface area contributed by atoms with Gasteiger partial charge in [-0.15, -0.1) is 11.3 Å². The maximum absolute atomic E-state index is 12.5. The van der Waals surface area contributed by atoms with Gasteiger partial charge in [0.1, 0.15) is 5.82 Å². The molecular formula is C21H25N7OS2. The first-order valence-corrected chi connectivity index (χ1v) is 12.1. The molecule has 1 amide bonds. The Morgan fingerprint density at radius 2 is 2.06 bits per heavy atom. The number of hydrogen-bond acceptors (Lipinski definition) is 8. The fourth-order valence-corrected chi connectivity index (χ4v) is 4.50. The van der Waals surface area contributed by atoms with Crippen LogP contribution in [0.15, 0.2) is 35.6 Å². The average molecular weight is 456 g/mol. The number of amides is 1. The van der Waals surface area contributed by atoms with Crippen molar-refractivity contribution in [2.45, 2.75) is 32.5 Å². The molecule has 0 bridgehead atoms. The Bertz CT molecular complexity index is 1170. The second kappa shape index (κ2) is 9.61. The standard InChI is InChI=1S/C21H25N7OS2/c1-4-30-21-26-17(23-11-13(2)3)14-12-24-28(18(14)27-21)10-9-22-19(29)20-25-15-7-5-6-8-16(15)31-20/h5-8,12-13H,4,9-11H2,1-3H3,(H,22,29)(H,23,26,27). The smallest absolute Gasteiger partial charge is 0.280 e. The van der Waals surface area contributed by atoms with E-state index in [1.165, 1.54) is 11.3 Å². The molecule has 0 aliphatic rings. The molecule has 162 valence electrons. The van der Waals surface area contributed by atoms with Crippen molar-refractivity contribution in [3.05, 3.63) is 35.5 Å². The summed E-state index contributed by atoms with van der Waals surface area (Å²) in [6.45, 7) is 8.16. The summed E-state index contributed by atoms with van der Waals surface area (Å²) in [5, 5.41) is 12.9. The number of benzene rings is 1. The third kappa shape index (κ3) is 4.96. The normalized spacial score (nSPS) is 11.5. The van der Waals surface area contributed by atoms with Crippen LogP contribution < -0.4 is 10.6 Å². The lowest BCUT2D eigenvalue weighted by molar-refractivity contribution is 0.0952. The van der Waals surface area contributed by atoms with Crippen LogP contribution in [0.2, 0.25) is 0 Å². The van der Waals surface area contributed by atoms with E-state index in [1.54, 1.807) is 18.0 Å². The number of carbonyl (C=O) groups excluding carboxylic acids is 1. The molecule has 0 atom stereocenters. The molecule has 4 rings (SSSR count). The van der Waals surface area contributed by atoms with Crippen molar-refractivity contribution in [3.8, 4) is 0 Å². The van der Waals surface area contributed by atoms with Gasteiger partial charge in [0, 0.05) is 13.1 Å². The summed E-state index contributed by atoms with van der Waals surface area (Å²) in [7, 11) is 0. The van der Waals surface area contributed by atoms with Gasteiger partial charge in [-0.2, -0.15) is 5.10 Å². The molecule has 1 aromatic carbocycles. The lowest BCUT2D eigenvalue weighted by Gasteiger charge is -2.11. The van der Waals surface area contributed by atoms with E-state index in [0.717, 1.165) is 44.5 Å². The molecule has 0 fully saturated rings. The molecule has 0 unspecified atom stereocenters. The molecule has 0 saturated heterocycles. The second-order valence-electron chi connectivity index (χ2n) is 7.41. The van der Waals surface area contributed by atoms with Crippen molar-refractivity contribution in [2.24, 2.45) is 5.92 Å². The van der Waals surface area contributed by atoms with Crippen molar-refractivity contribution in [1.29, 1.82) is 0 Å². The fraction of sp³-hybridized carbons (Fsp3) is 0.381. The highest BCUT2D eigenvalue weighted by molar-refractivity contribution is 7.99. The number of hydrogen-bond donors (Lipinski definition) is 2. The van der Waals surface area contributed by atoms with Gasteiger partial charge in [-0.05, 0) is 23.8 Å². The zero-order valence-corrected chi connectivity index (χ0v) is 19.4. The number of nitrogens with one attached hydrogen (secondary N) is 2. The largest absolute Gasteiger partial charge is 0.369 e. The number of thioether (sulfide) groups is 1. The zero-order chi connectivity index (χ0) is 21.8. The van der Waals surface area contributed by atoms with Gasteiger partial charge in [-0.25, -0.2) is 19.6 Å². The maximum atomic E-state index is 12.5. The Morgan fingerprint density at radius 3 is 2.84 bits per heavy atom. The van der Waals surface area contributed by atoms with E-state index in [2.05, 4.69) is 51.5 Å². The first kappa shape index (κ1) is 21.5. The van der Waals surface area contributed by atoms with E-state index in [-0.39, 0.29) is 5.91 Å². The molecule has 4 aromatic rings. The molecule has 0 aliphatic carbocycles. The molecule has 3 heterocycles. The summed E-state index contributed by atoms with van der Waals surface area (Å²) in [6, 6.07) is 7.75. The van der Waals surface area contributed by atoms with Crippen molar-refractivity contribution < 1.29 is 4.79 Å². The Kier molecular flexibility index (Phi) is 6.67. The predicted molar refractivity (Wildman–Crippen MR) is 127 cm³/mol. The van der Waals surface area contributed by atoms with Gasteiger partial charge < -0.3 is 10.6 Å². The van der Waals surface area contributed by atoms with Crippen molar-refractivity contribution in [3.63, 3.8) is 0 Å². The van der Waals surface area contributed by atoms with Crippen LogP contribution in [-0.2, 0) is 6.54 Å². The van der Waals surface area contributed by atoms with E-state index in [9.17, 15) is 4.79 Å². The van der Waals surface area contributed by atoms with Crippen LogP contribution in [0.25, 0.3) is 21.3 Å². The van der Waals surface area contributed by atoms with Crippen LogP contribution >= 0.6 is 23.1 Å². The quantitative estimate of drug-likeness (QED) is 0.290. The number of nitrogens with zero attached hydrogens (tertiary/aromatic N) is 5. The molecule has 0 aliphatic heterocycles. The van der Waals surface area contributed by atoms with Gasteiger partial charge in [0.25, 0.3) is 5.91 Å². The minimum Gasteiger partial charge on any atom is -0.369 e. The topological polar surface area (TPSA) is 97.6 Å². The van der Waals surface area contributed by atoms with Gasteiger partial charge in [-0.1, -0.05) is 44.7 Å². The zero-order valence-electron chi connectivity index (χ0n) is 17.8. The first-order chi connectivity index (χ1) is 15.0. The lowest BCUT2D eigenvalue weighted by atomic mass is 10.2. The van der Waals surface area contributed by atoms with Crippen LogP contribution in [0.3, 0.4) is 0 Å². The monoisotopic (exact) mass is 455 g/mol. The average Bonchev–Trinajstić information content (AvgIpc) is 3.36. The van der Waals surface area contributed by atoms with E-state index < -0.39 is 0 Å². The number of anilines is 1. The molecule has 8 nitrogen and oxygen atoms in total. The number of rotatable bonds is 9. The van der Waals surface area contributed by atoms with Gasteiger partial charge in [-0.3, -0.25) is 4.79 Å². The number of carbonyl (C=O) groups is 1.